The predicted molar refractivity (Wildman–Crippen MR) is 200 cm³/mol. The van der Waals surface area contributed by atoms with E-state index in [1.807, 2.05) is 103 Å². The summed E-state index contributed by atoms with van der Waals surface area (Å²) in [5, 5.41) is 15.9. The third-order valence-corrected chi connectivity index (χ3v) is 9.75. The summed E-state index contributed by atoms with van der Waals surface area (Å²) in [6.07, 6.45) is 1.95. The van der Waals surface area contributed by atoms with Crippen molar-refractivity contribution in [3.8, 4) is 22.5 Å². The maximum absolute atomic E-state index is 13.4. The highest BCUT2D eigenvalue weighted by molar-refractivity contribution is 7.98. The normalized spacial score (nSPS) is 11.5. The van der Waals surface area contributed by atoms with Crippen molar-refractivity contribution in [2.75, 3.05) is 6.26 Å². The van der Waals surface area contributed by atoms with Gasteiger partial charge in [-0.1, -0.05) is 163 Å². The Labute approximate surface area is 293 Å². The summed E-state index contributed by atoms with van der Waals surface area (Å²) in [4.78, 5) is 19.9. The fourth-order valence-electron chi connectivity index (χ4n) is 6.69. The number of tetrazole rings is 1. The molecule has 8 rings (SSSR count). The van der Waals surface area contributed by atoms with E-state index in [0.717, 1.165) is 38.9 Å². The van der Waals surface area contributed by atoms with Gasteiger partial charge in [0, 0.05) is 5.56 Å². The first-order chi connectivity index (χ1) is 24.7. The van der Waals surface area contributed by atoms with Crippen LogP contribution in [0.4, 0.5) is 0 Å². The summed E-state index contributed by atoms with van der Waals surface area (Å²) in [5.41, 5.74) is 6.74. The molecular weight excluding hydrogens is 637 g/mol. The summed E-state index contributed by atoms with van der Waals surface area (Å²) < 4.78 is 1.75. The number of rotatable bonds is 9. The van der Waals surface area contributed by atoms with Crippen LogP contribution in [0.5, 0.6) is 0 Å². The van der Waals surface area contributed by atoms with Crippen molar-refractivity contribution in [1.82, 2.24) is 29.8 Å². The van der Waals surface area contributed by atoms with Gasteiger partial charge in [-0.05, 0) is 57.0 Å². The van der Waals surface area contributed by atoms with E-state index in [2.05, 4.69) is 66.7 Å². The minimum absolute atomic E-state index is 0.0406. The van der Waals surface area contributed by atoms with Crippen molar-refractivity contribution in [3.05, 3.63) is 196 Å². The predicted octanol–water partition coefficient (Wildman–Crippen LogP) is 8.33. The Morgan fingerprint density at radius 1 is 0.620 bits per heavy atom. The molecule has 0 amide bonds. The Morgan fingerprint density at radius 3 is 1.76 bits per heavy atom. The minimum atomic E-state index is -0.864. The Morgan fingerprint density at radius 2 is 1.16 bits per heavy atom. The molecule has 0 fully saturated rings. The average molecular weight is 669 g/mol. The summed E-state index contributed by atoms with van der Waals surface area (Å²) in [6.45, 7) is 0.422. The van der Waals surface area contributed by atoms with Crippen LogP contribution < -0.4 is 5.56 Å². The molecule has 6 aromatic carbocycles. The molecule has 0 aliphatic heterocycles. The van der Waals surface area contributed by atoms with Crippen LogP contribution in [-0.2, 0) is 12.1 Å². The third-order valence-electron chi connectivity index (χ3n) is 9.07. The van der Waals surface area contributed by atoms with Crippen molar-refractivity contribution in [3.63, 3.8) is 0 Å². The Hall–Kier alpha value is -6.12. The van der Waals surface area contributed by atoms with E-state index < -0.39 is 5.54 Å². The molecule has 0 aliphatic rings. The van der Waals surface area contributed by atoms with Gasteiger partial charge >= 0.3 is 0 Å². The number of hydrogen-bond donors (Lipinski definition) is 0. The fraction of sp³-hybridized carbons (Fsp3) is 0.0714. The molecule has 8 heteroatoms. The van der Waals surface area contributed by atoms with Crippen molar-refractivity contribution in [2.24, 2.45) is 0 Å². The van der Waals surface area contributed by atoms with E-state index in [0.29, 0.717) is 28.4 Å². The van der Waals surface area contributed by atoms with Gasteiger partial charge in [-0.15, -0.1) is 15.0 Å². The molecular formula is C42H32N6OS. The van der Waals surface area contributed by atoms with E-state index in [9.17, 15) is 4.79 Å². The first-order valence-corrected chi connectivity index (χ1v) is 17.6. The highest BCUT2D eigenvalue weighted by Gasteiger charge is 2.41. The quantitative estimate of drug-likeness (QED) is 0.0875. The van der Waals surface area contributed by atoms with E-state index in [1.54, 1.807) is 9.36 Å². The molecule has 0 N–H and O–H groups in total. The highest BCUT2D eigenvalue weighted by atomic mass is 32.2. The lowest BCUT2D eigenvalue weighted by atomic mass is 9.77. The molecule has 7 nitrogen and oxygen atoms in total. The second-order valence-electron chi connectivity index (χ2n) is 12.0. The molecule has 2 aromatic heterocycles. The molecule has 0 unspecified atom stereocenters. The fourth-order valence-corrected chi connectivity index (χ4v) is 7.25. The van der Waals surface area contributed by atoms with Crippen LogP contribution in [-0.4, -0.2) is 36.0 Å². The lowest BCUT2D eigenvalue weighted by molar-refractivity contribution is 0.396. The van der Waals surface area contributed by atoms with Crippen molar-refractivity contribution in [2.45, 2.75) is 17.2 Å². The summed E-state index contributed by atoms with van der Waals surface area (Å²) in [6, 6.07) is 54.9. The van der Waals surface area contributed by atoms with Crippen molar-refractivity contribution in [1.29, 1.82) is 0 Å². The van der Waals surface area contributed by atoms with Gasteiger partial charge in [0.25, 0.3) is 5.56 Å². The average Bonchev–Trinajstić information content (AvgIpc) is 3.68. The Balaban J connectivity index is 1.19. The SMILES string of the molecule is CSc1nc2ccccc2c(=O)n1Cc1ccc(-c2ccccc2-c2nnn(C(c3ccccc3)(c3ccccc3)c3ccccc3)n2)cc1. The number of nitrogens with zero attached hydrogens (tertiary/aromatic N) is 6. The van der Waals surface area contributed by atoms with Crippen LogP contribution in [0.1, 0.15) is 22.3 Å². The van der Waals surface area contributed by atoms with Gasteiger partial charge in [0.2, 0.25) is 5.82 Å². The molecule has 2 heterocycles. The molecule has 0 saturated heterocycles. The standard InChI is InChI=1S/C42H32N6OS/c1-50-41-43-38-24-14-13-23-37(38)40(49)47(41)29-30-25-27-31(28-26-30)35-21-11-12-22-36(35)39-44-46-48(45-39)42(32-15-5-2-6-16-32,33-17-7-3-8-18-33)34-19-9-4-10-20-34/h2-28H,29H2,1H3. The molecule has 8 aromatic rings. The van der Waals surface area contributed by atoms with Gasteiger partial charge < -0.3 is 0 Å². The number of para-hydroxylation sites is 1. The van der Waals surface area contributed by atoms with Gasteiger partial charge in [-0.3, -0.25) is 9.36 Å². The van der Waals surface area contributed by atoms with Crippen LogP contribution in [0.15, 0.2) is 174 Å². The molecule has 50 heavy (non-hydrogen) atoms. The summed E-state index contributed by atoms with van der Waals surface area (Å²) in [7, 11) is 0. The van der Waals surface area contributed by atoms with Crippen LogP contribution in [0, 0.1) is 0 Å². The smallest absolute Gasteiger partial charge is 0.262 e. The first-order valence-electron chi connectivity index (χ1n) is 16.4. The lowest BCUT2D eigenvalue weighted by Crippen LogP contribution is -2.39. The number of hydrogen-bond acceptors (Lipinski definition) is 6. The van der Waals surface area contributed by atoms with Gasteiger partial charge in [-0.2, -0.15) is 0 Å². The summed E-state index contributed by atoms with van der Waals surface area (Å²) in [5.74, 6) is 0.523. The molecule has 0 atom stereocenters. The zero-order valence-corrected chi connectivity index (χ0v) is 28.1. The maximum atomic E-state index is 13.4. The molecule has 0 spiro atoms. The van der Waals surface area contributed by atoms with Crippen LogP contribution >= 0.6 is 11.8 Å². The monoisotopic (exact) mass is 668 g/mol. The molecule has 0 bridgehead atoms. The van der Waals surface area contributed by atoms with E-state index in [-0.39, 0.29) is 5.56 Å². The van der Waals surface area contributed by atoms with Gasteiger partial charge in [0.05, 0.1) is 17.4 Å². The van der Waals surface area contributed by atoms with Gasteiger partial charge in [0.1, 0.15) is 0 Å². The largest absolute Gasteiger partial charge is 0.283 e. The van der Waals surface area contributed by atoms with E-state index in [4.69, 9.17) is 20.4 Å². The topological polar surface area (TPSA) is 78.5 Å². The Kier molecular flexibility index (Phi) is 8.36. The van der Waals surface area contributed by atoms with Crippen molar-refractivity contribution < 1.29 is 0 Å². The zero-order chi connectivity index (χ0) is 33.9. The number of benzene rings is 6. The van der Waals surface area contributed by atoms with E-state index in [1.165, 1.54) is 11.8 Å². The number of thioether (sulfide) groups is 1. The first kappa shape index (κ1) is 31.2. The highest BCUT2D eigenvalue weighted by Crippen LogP contribution is 2.40. The molecule has 0 saturated carbocycles. The van der Waals surface area contributed by atoms with Crippen LogP contribution in [0.2, 0.25) is 0 Å². The maximum Gasteiger partial charge on any atom is 0.262 e. The number of aromatic nitrogens is 6. The summed E-state index contributed by atoms with van der Waals surface area (Å²) >= 11 is 1.47. The lowest BCUT2D eigenvalue weighted by Gasteiger charge is -2.34. The molecule has 0 aliphatic carbocycles. The van der Waals surface area contributed by atoms with Gasteiger partial charge in [-0.25, -0.2) is 4.98 Å². The minimum Gasteiger partial charge on any atom is -0.283 e. The van der Waals surface area contributed by atoms with Crippen LogP contribution in [0.3, 0.4) is 0 Å². The zero-order valence-electron chi connectivity index (χ0n) is 27.3. The molecule has 242 valence electrons. The Bertz CT molecular complexity index is 2360. The third kappa shape index (κ3) is 5.49. The molecule has 0 radical (unpaired) electrons. The van der Waals surface area contributed by atoms with Crippen LogP contribution in [0.25, 0.3) is 33.4 Å². The second-order valence-corrected chi connectivity index (χ2v) is 12.7. The van der Waals surface area contributed by atoms with E-state index >= 15 is 0 Å². The van der Waals surface area contributed by atoms with Gasteiger partial charge in [0.15, 0.2) is 10.7 Å². The van der Waals surface area contributed by atoms with Crippen molar-refractivity contribution >= 4 is 22.7 Å². The number of fused-ring (bicyclic) bond motifs is 1. The second kappa shape index (κ2) is 13.4.